The highest BCUT2D eigenvalue weighted by atomic mass is 16.5. The molecule has 0 aliphatic carbocycles. The third kappa shape index (κ3) is 4.68. The minimum atomic E-state index is -0.130. The van der Waals surface area contributed by atoms with Gasteiger partial charge in [-0.25, -0.2) is 0 Å². The van der Waals surface area contributed by atoms with E-state index in [1.807, 2.05) is 54.6 Å². The Bertz CT molecular complexity index is 565. The fraction of sp³-hybridized carbons (Fsp3) is 0.176. The summed E-state index contributed by atoms with van der Waals surface area (Å²) in [5, 5.41) is 8.61. The largest absolute Gasteiger partial charge is 0.490 e. The van der Waals surface area contributed by atoms with Crippen molar-refractivity contribution in [2.24, 2.45) is 0 Å². The molecule has 2 aromatic rings. The summed E-state index contributed by atoms with van der Waals surface area (Å²) in [6.07, 6.45) is 0. The topological polar surface area (TPSA) is 38.7 Å². The van der Waals surface area contributed by atoms with E-state index in [2.05, 4.69) is 11.8 Å². The number of hydrogen-bond donors (Lipinski definition) is 1. The lowest BCUT2D eigenvalue weighted by Gasteiger charge is -2.08. The van der Waals surface area contributed by atoms with Crippen molar-refractivity contribution in [1.29, 1.82) is 0 Å². The van der Waals surface area contributed by atoms with Crippen molar-refractivity contribution in [3.8, 4) is 23.3 Å². The van der Waals surface area contributed by atoms with E-state index in [0.29, 0.717) is 13.2 Å². The molecule has 0 saturated heterocycles. The van der Waals surface area contributed by atoms with E-state index in [9.17, 15) is 0 Å². The predicted molar refractivity (Wildman–Crippen MR) is 77.8 cm³/mol. The van der Waals surface area contributed by atoms with Crippen LogP contribution in [0.3, 0.4) is 0 Å². The molecule has 102 valence electrons. The monoisotopic (exact) mass is 268 g/mol. The Morgan fingerprint density at radius 1 is 0.800 bits per heavy atom. The van der Waals surface area contributed by atoms with Crippen LogP contribution in [0.4, 0.5) is 0 Å². The molecule has 0 heterocycles. The minimum absolute atomic E-state index is 0.130. The molecule has 2 aromatic carbocycles. The number of aliphatic hydroxyl groups is 1. The SMILES string of the molecule is OCC#Cc1ccc(OCCOc2ccccc2)cc1. The zero-order valence-electron chi connectivity index (χ0n) is 11.1. The highest BCUT2D eigenvalue weighted by Crippen LogP contribution is 2.12. The second kappa shape index (κ2) is 7.88. The molecule has 0 spiro atoms. The van der Waals surface area contributed by atoms with Gasteiger partial charge in [0.25, 0.3) is 0 Å². The Kier molecular flexibility index (Phi) is 5.51. The van der Waals surface area contributed by atoms with Crippen LogP contribution in [0, 0.1) is 11.8 Å². The lowest BCUT2D eigenvalue weighted by Crippen LogP contribution is -2.08. The van der Waals surface area contributed by atoms with Crippen LogP contribution in [0.2, 0.25) is 0 Å². The molecule has 2 rings (SSSR count). The maximum atomic E-state index is 8.61. The summed E-state index contributed by atoms with van der Waals surface area (Å²) < 4.78 is 11.1. The van der Waals surface area contributed by atoms with Gasteiger partial charge in [-0.1, -0.05) is 30.0 Å². The Hall–Kier alpha value is -2.44. The van der Waals surface area contributed by atoms with Crippen molar-refractivity contribution in [3.05, 3.63) is 60.2 Å². The summed E-state index contributed by atoms with van der Waals surface area (Å²) in [6.45, 7) is 0.849. The summed E-state index contributed by atoms with van der Waals surface area (Å²) >= 11 is 0. The van der Waals surface area contributed by atoms with Gasteiger partial charge in [0.05, 0.1) is 0 Å². The van der Waals surface area contributed by atoms with Crippen LogP contribution in [0.5, 0.6) is 11.5 Å². The fourth-order valence-corrected chi connectivity index (χ4v) is 1.61. The first-order valence-corrected chi connectivity index (χ1v) is 6.39. The van der Waals surface area contributed by atoms with Crippen LogP contribution in [-0.4, -0.2) is 24.9 Å². The smallest absolute Gasteiger partial charge is 0.122 e. The highest BCUT2D eigenvalue weighted by Gasteiger charge is 1.95. The first kappa shape index (κ1) is 14.0. The van der Waals surface area contributed by atoms with Crippen molar-refractivity contribution >= 4 is 0 Å². The third-order valence-electron chi connectivity index (χ3n) is 2.53. The molecule has 0 saturated carbocycles. The standard InChI is InChI=1S/C17H16O3/c18-12-4-5-15-8-10-17(11-9-15)20-14-13-19-16-6-2-1-3-7-16/h1-3,6-11,18H,12-14H2. The van der Waals surface area contributed by atoms with Crippen LogP contribution in [-0.2, 0) is 0 Å². The highest BCUT2D eigenvalue weighted by molar-refractivity contribution is 5.38. The Morgan fingerprint density at radius 2 is 1.40 bits per heavy atom. The molecular weight excluding hydrogens is 252 g/mol. The zero-order chi connectivity index (χ0) is 14.0. The van der Waals surface area contributed by atoms with Crippen LogP contribution < -0.4 is 9.47 Å². The molecule has 1 N–H and O–H groups in total. The van der Waals surface area contributed by atoms with Crippen molar-refractivity contribution < 1.29 is 14.6 Å². The zero-order valence-corrected chi connectivity index (χ0v) is 11.1. The Balaban J connectivity index is 1.74. The van der Waals surface area contributed by atoms with Crippen molar-refractivity contribution in [2.75, 3.05) is 19.8 Å². The lowest BCUT2D eigenvalue weighted by molar-refractivity contribution is 0.217. The van der Waals surface area contributed by atoms with Crippen LogP contribution in [0.15, 0.2) is 54.6 Å². The molecule has 20 heavy (non-hydrogen) atoms. The predicted octanol–water partition coefficient (Wildman–Crippen LogP) is 2.49. The van der Waals surface area contributed by atoms with Crippen molar-refractivity contribution in [2.45, 2.75) is 0 Å². The third-order valence-corrected chi connectivity index (χ3v) is 2.53. The summed E-state index contributed by atoms with van der Waals surface area (Å²) in [4.78, 5) is 0. The molecule has 0 unspecified atom stereocenters. The van der Waals surface area contributed by atoms with E-state index < -0.39 is 0 Å². The summed E-state index contributed by atoms with van der Waals surface area (Å²) in [5.74, 6) is 7.04. The first-order valence-electron chi connectivity index (χ1n) is 6.39. The quantitative estimate of drug-likeness (QED) is 0.669. The molecule has 0 amide bonds. The second-order valence-corrected chi connectivity index (χ2v) is 3.99. The fourth-order valence-electron chi connectivity index (χ4n) is 1.61. The summed E-state index contributed by atoms with van der Waals surface area (Å²) in [6, 6.07) is 17.1. The molecular formula is C17H16O3. The molecule has 0 radical (unpaired) electrons. The number of aliphatic hydroxyl groups excluding tert-OH is 1. The van der Waals surface area contributed by atoms with Crippen molar-refractivity contribution in [1.82, 2.24) is 0 Å². The van der Waals surface area contributed by atoms with Gasteiger partial charge in [-0.2, -0.15) is 0 Å². The van der Waals surface area contributed by atoms with Gasteiger partial charge in [0.2, 0.25) is 0 Å². The van der Waals surface area contributed by atoms with E-state index in [0.717, 1.165) is 17.1 Å². The second-order valence-electron chi connectivity index (χ2n) is 3.99. The summed E-state index contributed by atoms with van der Waals surface area (Å²) in [5.41, 5.74) is 0.854. The lowest BCUT2D eigenvalue weighted by atomic mass is 10.2. The number of benzene rings is 2. The maximum Gasteiger partial charge on any atom is 0.122 e. The van der Waals surface area contributed by atoms with Gasteiger partial charge in [0.15, 0.2) is 0 Å². The number of hydrogen-bond acceptors (Lipinski definition) is 3. The van der Waals surface area contributed by atoms with E-state index in [1.165, 1.54) is 0 Å². The van der Waals surface area contributed by atoms with E-state index in [1.54, 1.807) is 0 Å². The average Bonchev–Trinajstić information content (AvgIpc) is 2.52. The van der Waals surface area contributed by atoms with E-state index >= 15 is 0 Å². The Morgan fingerprint density at radius 3 is 2.00 bits per heavy atom. The molecule has 0 fully saturated rings. The number of para-hydroxylation sites is 1. The number of rotatable bonds is 5. The molecule has 0 aliphatic heterocycles. The normalized spacial score (nSPS) is 9.45. The first-order chi connectivity index (χ1) is 9.88. The minimum Gasteiger partial charge on any atom is -0.490 e. The van der Waals surface area contributed by atoms with Gasteiger partial charge in [0, 0.05) is 5.56 Å². The van der Waals surface area contributed by atoms with E-state index in [4.69, 9.17) is 14.6 Å². The molecule has 0 aromatic heterocycles. The van der Waals surface area contributed by atoms with Gasteiger partial charge < -0.3 is 14.6 Å². The van der Waals surface area contributed by atoms with Crippen LogP contribution >= 0.6 is 0 Å². The summed E-state index contributed by atoms with van der Waals surface area (Å²) in [7, 11) is 0. The van der Waals surface area contributed by atoms with Crippen molar-refractivity contribution in [3.63, 3.8) is 0 Å². The molecule has 0 aliphatic rings. The molecule has 0 atom stereocenters. The van der Waals surface area contributed by atoms with Gasteiger partial charge in [-0.05, 0) is 36.4 Å². The molecule has 0 bridgehead atoms. The Labute approximate surface area is 118 Å². The number of ether oxygens (including phenoxy) is 2. The van der Waals surface area contributed by atoms with Crippen LogP contribution in [0.25, 0.3) is 0 Å². The molecule has 3 heteroatoms. The van der Waals surface area contributed by atoms with Gasteiger partial charge in [-0.3, -0.25) is 0 Å². The average molecular weight is 268 g/mol. The van der Waals surface area contributed by atoms with Gasteiger partial charge >= 0.3 is 0 Å². The van der Waals surface area contributed by atoms with E-state index in [-0.39, 0.29) is 6.61 Å². The molecule has 3 nitrogen and oxygen atoms in total. The van der Waals surface area contributed by atoms with Gasteiger partial charge in [-0.15, -0.1) is 0 Å². The van der Waals surface area contributed by atoms with Crippen LogP contribution in [0.1, 0.15) is 5.56 Å². The maximum absolute atomic E-state index is 8.61. The van der Waals surface area contributed by atoms with Gasteiger partial charge in [0.1, 0.15) is 31.3 Å².